The minimum Gasteiger partial charge on any atom is -0.375 e. The number of ether oxygens (including phenoxy) is 1. The summed E-state index contributed by atoms with van der Waals surface area (Å²) in [6.45, 7) is 3.40. The summed E-state index contributed by atoms with van der Waals surface area (Å²) < 4.78 is 42.3. The van der Waals surface area contributed by atoms with Crippen molar-refractivity contribution in [2.45, 2.75) is 31.7 Å². The number of rotatable bonds is 4. The molecule has 0 aliphatic carbocycles. The molecule has 10 heteroatoms. The van der Waals surface area contributed by atoms with E-state index >= 15 is 0 Å². The summed E-state index contributed by atoms with van der Waals surface area (Å²) in [4.78, 5) is 13.4. The third-order valence-corrected chi connectivity index (χ3v) is 3.94. The number of hydrogen-bond acceptors (Lipinski definition) is 4. The maximum Gasteiger partial charge on any atom is 0.401 e. The Morgan fingerprint density at radius 1 is 1.39 bits per heavy atom. The van der Waals surface area contributed by atoms with Gasteiger partial charge in [-0.05, 0) is 25.8 Å². The van der Waals surface area contributed by atoms with E-state index in [1.807, 2.05) is 6.92 Å². The third kappa shape index (κ3) is 7.43. The summed E-state index contributed by atoms with van der Waals surface area (Å²) in [5.41, 5.74) is 0. The molecule has 138 valence electrons. The molecule has 0 bridgehead atoms. The average molecular weight is 382 g/mol. The van der Waals surface area contributed by atoms with Crippen LogP contribution in [0.2, 0.25) is 0 Å². The fourth-order valence-electron chi connectivity index (χ4n) is 2.86. The lowest BCUT2D eigenvalue weighted by Gasteiger charge is -2.29. The van der Waals surface area contributed by atoms with E-state index in [1.165, 1.54) is 4.90 Å². The monoisotopic (exact) mass is 381 g/mol. The number of halogens is 5. The average Bonchev–Trinajstić information content (AvgIpc) is 2.82. The normalized spacial score (nSPS) is 28.6. The van der Waals surface area contributed by atoms with Crippen LogP contribution in [0.15, 0.2) is 0 Å². The van der Waals surface area contributed by atoms with Crippen molar-refractivity contribution in [3.63, 3.8) is 0 Å². The van der Waals surface area contributed by atoms with Crippen LogP contribution in [-0.4, -0.2) is 68.5 Å². The van der Waals surface area contributed by atoms with Gasteiger partial charge >= 0.3 is 6.18 Å². The number of amides is 1. The van der Waals surface area contributed by atoms with Crippen LogP contribution in [0.4, 0.5) is 13.2 Å². The van der Waals surface area contributed by atoms with Crippen LogP contribution in [0.3, 0.4) is 0 Å². The van der Waals surface area contributed by atoms with Crippen LogP contribution < -0.4 is 10.6 Å². The molecule has 2 fully saturated rings. The standard InChI is InChI=1S/C13H22F3N3O2.2ClH/c1-9-11(17-3-5-21-9)12(20)18-6-10-2-4-19(7-10)8-13(14,15)16;;/h9-11,17H,2-8H2,1H3,(H,18,20);2*1H/t9-,10?,11+;;/m1../s1. The third-order valence-electron chi connectivity index (χ3n) is 3.94. The van der Waals surface area contributed by atoms with Gasteiger partial charge in [0.2, 0.25) is 5.91 Å². The van der Waals surface area contributed by atoms with Crippen LogP contribution in [-0.2, 0) is 9.53 Å². The second-order valence-corrected chi connectivity index (χ2v) is 5.76. The Kier molecular flexibility index (Phi) is 9.76. The molecule has 2 aliphatic rings. The Labute approximate surface area is 146 Å². The Balaban J connectivity index is 0.00000242. The van der Waals surface area contributed by atoms with E-state index in [1.54, 1.807) is 0 Å². The van der Waals surface area contributed by atoms with Gasteiger partial charge < -0.3 is 15.4 Å². The number of morpholine rings is 1. The molecule has 5 nitrogen and oxygen atoms in total. The second-order valence-electron chi connectivity index (χ2n) is 5.76. The molecule has 0 aromatic carbocycles. The molecule has 3 atom stereocenters. The van der Waals surface area contributed by atoms with Crippen molar-refractivity contribution >= 4 is 30.7 Å². The summed E-state index contributed by atoms with van der Waals surface area (Å²) >= 11 is 0. The maximum absolute atomic E-state index is 12.3. The Bertz CT molecular complexity index is 375. The molecule has 2 heterocycles. The van der Waals surface area contributed by atoms with E-state index in [0.717, 1.165) is 0 Å². The maximum atomic E-state index is 12.3. The molecular weight excluding hydrogens is 358 g/mol. The number of nitrogens with zero attached hydrogens (tertiary/aromatic N) is 1. The fourth-order valence-corrected chi connectivity index (χ4v) is 2.86. The quantitative estimate of drug-likeness (QED) is 0.768. The van der Waals surface area contributed by atoms with Gasteiger partial charge in [-0.2, -0.15) is 13.2 Å². The largest absolute Gasteiger partial charge is 0.401 e. The van der Waals surface area contributed by atoms with E-state index in [0.29, 0.717) is 39.2 Å². The van der Waals surface area contributed by atoms with Gasteiger partial charge in [-0.1, -0.05) is 0 Å². The molecular formula is C13H24Cl2F3N3O2. The number of nitrogens with one attached hydrogen (secondary N) is 2. The highest BCUT2D eigenvalue weighted by atomic mass is 35.5. The number of hydrogen-bond donors (Lipinski definition) is 2. The molecule has 2 aliphatic heterocycles. The molecule has 2 N–H and O–H groups in total. The zero-order valence-corrected chi connectivity index (χ0v) is 14.5. The first kappa shape index (κ1) is 22.7. The first-order valence-electron chi connectivity index (χ1n) is 7.27. The van der Waals surface area contributed by atoms with Crippen LogP contribution in [0.25, 0.3) is 0 Å². The first-order valence-corrected chi connectivity index (χ1v) is 7.27. The topological polar surface area (TPSA) is 53.6 Å². The van der Waals surface area contributed by atoms with Crippen LogP contribution in [0, 0.1) is 5.92 Å². The first-order chi connectivity index (χ1) is 9.85. The lowest BCUT2D eigenvalue weighted by Crippen LogP contribution is -2.56. The number of alkyl halides is 3. The Morgan fingerprint density at radius 2 is 2.09 bits per heavy atom. The predicted octanol–water partition coefficient (Wildman–Crippen LogP) is 1.21. The predicted molar refractivity (Wildman–Crippen MR) is 85.3 cm³/mol. The van der Waals surface area contributed by atoms with E-state index in [9.17, 15) is 18.0 Å². The Hall–Kier alpha value is -0.280. The van der Waals surface area contributed by atoms with Crippen molar-refractivity contribution in [1.29, 1.82) is 0 Å². The Morgan fingerprint density at radius 3 is 2.70 bits per heavy atom. The highest BCUT2D eigenvalue weighted by Gasteiger charge is 2.35. The number of carbonyl (C=O) groups excluding carboxylic acids is 1. The SMILES string of the molecule is C[C@H]1OCCN[C@@H]1C(=O)NCC1CCN(CC(F)(F)F)C1.Cl.Cl. The molecule has 0 aromatic rings. The molecule has 1 amide bonds. The summed E-state index contributed by atoms with van der Waals surface area (Å²) in [7, 11) is 0. The summed E-state index contributed by atoms with van der Waals surface area (Å²) in [5, 5.41) is 5.91. The fraction of sp³-hybridized carbons (Fsp3) is 0.923. The van der Waals surface area contributed by atoms with E-state index < -0.39 is 12.7 Å². The molecule has 0 radical (unpaired) electrons. The van der Waals surface area contributed by atoms with Crippen molar-refractivity contribution in [3.05, 3.63) is 0 Å². The summed E-state index contributed by atoms with van der Waals surface area (Å²) in [5.74, 6) is -0.0624. The number of carbonyl (C=O) groups is 1. The van der Waals surface area contributed by atoms with Crippen molar-refractivity contribution in [2.75, 3.05) is 39.3 Å². The van der Waals surface area contributed by atoms with E-state index in [2.05, 4.69) is 10.6 Å². The molecule has 1 unspecified atom stereocenters. The van der Waals surface area contributed by atoms with Crippen molar-refractivity contribution in [1.82, 2.24) is 15.5 Å². The molecule has 2 saturated heterocycles. The van der Waals surface area contributed by atoms with E-state index in [4.69, 9.17) is 4.74 Å². The second kappa shape index (κ2) is 9.88. The van der Waals surface area contributed by atoms with Crippen LogP contribution in [0.1, 0.15) is 13.3 Å². The zero-order valence-electron chi connectivity index (χ0n) is 12.9. The van der Waals surface area contributed by atoms with Crippen LogP contribution in [0.5, 0.6) is 0 Å². The highest BCUT2D eigenvalue weighted by Crippen LogP contribution is 2.22. The van der Waals surface area contributed by atoms with Gasteiger partial charge in [-0.15, -0.1) is 24.8 Å². The van der Waals surface area contributed by atoms with E-state index in [-0.39, 0.29) is 48.8 Å². The number of likely N-dealkylation sites (tertiary alicyclic amines) is 1. The molecule has 0 spiro atoms. The van der Waals surface area contributed by atoms with Gasteiger partial charge in [0.25, 0.3) is 0 Å². The van der Waals surface area contributed by atoms with Crippen molar-refractivity contribution in [3.8, 4) is 0 Å². The van der Waals surface area contributed by atoms with Gasteiger partial charge in [0.1, 0.15) is 6.04 Å². The molecule has 2 rings (SSSR count). The van der Waals surface area contributed by atoms with Gasteiger partial charge in [0.05, 0.1) is 19.3 Å². The van der Waals surface area contributed by atoms with Crippen molar-refractivity contribution < 1.29 is 22.7 Å². The van der Waals surface area contributed by atoms with Gasteiger partial charge in [0, 0.05) is 19.6 Å². The smallest absolute Gasteiger partial charge is 0.375 e. The van der Waals surface area contributed by atoms with Crippen molar-refractivity contribution in [2.24, 2.45) is 5.92 Å². The molecule has 23 heavy (non-hydrogen) atoms. The van der Waals surface area contributed by atoms with Crippen LogP contribution >= 0.6 is 24.8 Å². The van der Waals surface area contributed by atoms with Gasteiger partial charge in [-0.25, -0.2) is 0 Å². The lowest BCUT2D eigenvalue weighted by atomic mass is 10.1. The molecule has 0 saturated carbocycles. The minimum absolute atomic E-state index is 0. The summed E-state index contributed by atoms with van der Waals surface area (Å²) in [6.07, 6.45) is -3.67. The van der Waals surface area contributed by atoms with Gasteiger partial charge in [0.15, 0.2) is 0 Å². The highest BCUT2D eigenvalue weighted by molar-refractivity contribution is 5.85. The molecule has 0 aromatic heterocycles. The summed E-state index contributed by atoms with van der Waals surface area (Å²) in [6, 6.07) is -0.383. The van der Waals surface area contributed by atoms with Gasteiger partial charge in [-0.3, -0.25) is 9.69 Å². The lowest BCUT2D eigenvalue weighted by molar-refractivity contribution is -0.144. The minimum atomic E-state index is -4.16. The zero-order chi connectivity index (χ0) is 15.5.